The lowest BCUT2D eigenvalue weighted by atomic mass is 9.95. The molecule has 1 aromatic heterocycles. The summed E-state index contributed by atoms with van der Waals surface area (Å²) >= 11 is 4.79. The van der Waals surface area contributed by atoms with Gasteiger partial charge in [0.25, 0.3) is 5.56 Å². The maximum Gasteiger partial charge on any atom is 0.338 e. The van der Waals surface area contributed by atoms with Crippen LogP contribution < -0.4 is 19.6 Å². The zero-order valence-corrected chi connectivity index (χ0v) is 25.1. The average Bonchev–Trinajstić information content (AvgIpc) is 3.26. The van der Waals surface area contributed by atoms with Crippen molar-refractivity contribution in [3.8, 4) is 11.8 Å². The van der Waals surface area contributed by atoms with E-state index in [-0.39, 0.29) is 12.2 Å². The Balaban J connectivity index is 1.59. The van der Waals surface area contributed by atoms with Gasteiger partial charge in [0.2, 0.25) is 0 Å². The molecule has 0 amide bonds. The molecule has 0 aliphatic carbocycles. The monoisotopic (exact) mass is 627 g/mol. The van der Waals surface area contributed by atoms with Crippen LogP contribution in [-0.4, -0.2) is 17.1 Å². The summed E-state index contributed by atoms with van der Waals surface area (Å²) in [5.74, 6) is 0.112. The molecule has 4 aromatic rings. The van der Waals surface area contributed by atoms with Crippen LogP contribution in [0, 0.1) is 18.3 Å². The molecule has 1 aliphatic rings. The predicted octanol–water partition coefficient (Wildman–Crippen LogP) is 5.32. The number of nitriles is 1. The van der Waals surface area contributed by atoms with Crippen LogP contribution in [0.15, 0.2) is 92.3 Å². The normalized spacial score (nSPS) is 14.7. The van der Waals surface area contributed by atoms with Crippen molar-refractivity contribution < 1.29 is 14.3 Å². The summed E-state index contributed by atoms with van der Waals surface area (Å²) in [6.45, 7) is 6.03. The second kappa shape index (κ2) is 12.1. The number of aromatic nitrogens is 1. The number of fused-ring (bicyclic) bond motifs is 1. The molecule has 2 heterocycles. The van der Waals surface area contributed by atoms with E-state index in [1.807, 2.05) is 61.5 Å². The molecule has 206 valence electrons. The second-order valence-electron chi connectivity index (χ2n) is 9.49. The molecule has 0 radical (unpaired) electrons. The molecule has 3 aromatic carbocycles. The van der Waals surface area contributed by atoms with E-state index in [9.17, 15) is 9.59 Å². The Morgan fingerprint density at radius 1 is 1.12 bits per heavy atom. The van der Waals surface area contributed by atoms with E-state index >= 15 is 0 Å². The van der Waals surface area contributed by atoms with Gasteiger partial charge in [-0.2, -0.15) is 5.26 Å². The van der Waals surface area contributed by atoms with Crippen molar-refractivity contribution in [1.29, 1.82) is 5.26 Å². The minimum Gasteiger partial charge on any atom is -0.488 e. The molecule has 0 spiro atoms. The SMILES string of the molecule is CCOC(=O)C1=C(C)N=c2s/c(=C\c3cc(Br)ccc3OCc3ccc(C#N)cc3)c(=O)n2[C@@H]1c1ccc(C)cc1. The summed E-state index contributed by atoms with van der Waals surface area (Å²) in [5, 5.41) is 9.05. The number of carbonyl (C=O) groups excluding carboxylic acids is 1. The maximum atomic E-state index is 14.0. The maximum absolute atomic E-state index is 14.0. The summed E-state index contributed by atoms with van der Waals surface area (Å²) in [4.78, 5) is 32.2. The number of halogens is 1. The van der Waals surface area contributed by atoms with Crippen molar-refractivity contribution >= 4 is 39.3 Å². The van der Waals surface area contributed by atoms with Crippen LogP contribution in [0.4, 0.5) is 0 Å². The number of ether oxygens (including phenoxy) is 2. The number of hydrogen-bond donors (Lipinski definition) is 0. The number of nitrogens with zero attached hydrogens (tertiary/aromatic N) is 3. The first-order chi connectivity index (χ1) is 19.8. The summed E-state index contributed by atoms with van der Waals surface area (Å²) in [6, 6.07) is 22.0. The third-order valence-electron chi connectivity index (χ3n) is 6.65. The first-order valence-corrected chi connectivity index (χ1v) is 14.6. The van der Waals surface area contributed by atoms with Crippen molar-refractivity contribution in [3.05, 3.63) is 130 Å². The molecule has 5 rings (SSSR count). The van der Waals surface area contributed by atoms with Gasteiger partial charge in [0.1, 0.15) is 12.4 Å². The Bertz CT molecular complexity index is 1880. The predicted molar refractivity (Wildman–Crippen MR) is 161 cm³/mol. The second-order valence-corrected chi connectivity index (χ2v) is 11.4. The Hall–Kier alpha value is -4.26. The van der Waals surface area contributed by atoms with Gasteiger partial charge in [-0.15, -0.1) is 0 Å². The Kier molecular flexibility index (Phi) is 8.34. The summed E-state index contributed by atoms with van der Waals surface area (Å²) < 4.78 is 14.4. The highest BCUT2D eigenvalue weighted by molar-refractivity contribution is 9.10. The minimum atomic E-state index is -0.664. The van der Waals surface area contributed by atoms with E-state index in [0.29, 0.717) is 44.1 Å². The number of thiazole rings is 1. The molecule has 1 atom stereocenters. The molecule has 0 unspecified atom stereocenters. The van der Waals surface area contributed by atoms with Crippen molar-refractivity contribution in [1.82, 2.24) is 4.57 Å². The Morgan fingerprint density at radius 2 is 1.85 bits per heavy atom. The summed E-state index contributed by atoms with van der Waals surface area (Å²) in [6.07, 6.45) is 1.79. The van der Waals surface area contributed by atoms with Crippen molar-refractivity contribution in [3.63, 3.8) is 0 Å². The molecule has 1 aliphatic heterocycles. The van der Waals surface area contributed by atoms with Crippen LogP contribution in [0.2, 0.25) is 0 Å². The number of rotatable bonds is 7. The summed E-state index contributed by atoms with van der Waals surface area (Å²) in [7, 11) is 0. The number of allylic oxidation sites excluding steroid dienone is 1. The fourth-order valence-corrected chi connectivity index (χ4v) is 6.01. The molecule has 0 fully saturated rings. The van der Waals surface area contributed by atoms with E-state index in [4.69, 9.17) is 14.7 Å². The van der Waals surface area contributed by atoms with Crippen LogP contribution in [0.3, 0.4) is 0 Å². The van der Waals surface area contributed by atoms with Crippen LogP contribution in [-0.2, 0) is 16.1 Å². The van der Waals surface area contributed by atoms with Crippen LogP contribution in [0.25, 0.3) is 6.08 Å². The highest BCUT2D eigenvalue weighted by Crippen LogP contribution is 2.31. The van der Waals surface area contributed by atoms with Gasteiger partial charge >= 0.3 is 5.97 Å². The van der Waals surface area contributed by atoms with Gasteiger partial charge in [-0.05, 0) is 68.3 Å². The molecule has 0 saturated carbocycles. The smallest absolute Gasteiger partial charge is 0.338 e. The Labute approximate surface area is 249 Å². The number of aryl methyl sites for hydroxylation is 1. The van der Waals surface area contributed by atoms with E-state index in [0.717, 1.165) is 21.2 Å². The topological polar surface area (TPSA) is 93.7 Å². The molecule has 7 nitrogen and oxygen atoms in total. The van der Waals surface area contributed by atoms with E-state index < -0.39 is 12.0 Å². The fraction of sp³-hybridized carbons (Fsp3) is 0.188. The van der Waals surface area contributed by atoms with Gasteiger partial charge in [0.05, 0.1) is 40.1 Å². The number of esters is 1. The van der Waals surface area contributed by atoms with Crippen molar-refractivity contribution in [2.75, 3.05) is 6.61 Å². The van der Waals surface area contributed by atoms with E-state index in [1.165, 1.54) is 11.3 Å². The Morgan fingerprint density at radius 3 is 2.54 bits per heavy atom. The first kappa shape index (κ1) is 28.3. The van der Waals surface area contributed by atoms with Crippen LogP contribution >= 0.6 is 27.3 Å². The van der Waals surface area contributed by atoms with Crippen molar-refractivity contribution in [2.45, 2.75) is 33.4 Å². The van der Waals surface area contributed by atoms with Gasteiger partial charge in [-0.25, -0.2) is 9.79 Å². The van der Waals surface area contributed by atoms with Gasteiger partial charge in [0, 0.05) is 10.0 Å². The van der Waals surface area contributed by atoms with Gasteiger partial charge in [-0.1, -0.05) is 69.2 Å². The lowest BCUT2D eigenvalue weighted by Crippen LogP contribution is -2.39. The zero-order chi connectivity index (χ0) is 29.1. The standard InChI is InChI=1S/C32H26BrN3O4S/c1-4-39-31(38)28-20(3)35-32-36(29(28)23-11-5-19(2)6-12-23)30(37)27(41-32)16-24-15-25(33)13-14-26(24)40-18-22-9-7-21(17-34)8-10-22/h5-16,29H,4,18H2,1-3H3/b27-16-/t29-/m1/s1. The molecule has 0 bridgehead atoms. The van der Waals surface area contributed by atoms with Gasteiger partial charge in [0.15, 0.2) is 4.80 Å². The van der Waals surface area contributed by atoms with Crippen LogP contribution in [0.5, 0.6) is 5.75 Å². The third kappa shape index (κ3) is 5.94. The lowest BCUT2D eigenvalue weighted by Gasteiger charge is -2.24. The fourth-order valence-electron chi connectivity index (χ4n) is 4.60. The van der Waals surface area contributed by atoms with E-state index in [2.05, 4.69) is 27.0 Å². The average molecular weight is 629 g/mol. The molecule has 9 heteroatoms. The molecular weight excluding hydrogens is 602 g/mol. The van der Waals surface area contributed by atoms with Gasteiger partial charge in [-0.3, -0.25) is 9.36 Å². The largest absolute Gasteiger partial charge is 0.488 e. The van der Waals surface area contributed by atoms with Crippen LogP contribution in [0.1, 0.15) is 47.7 Å². The highest BCUT2D eigenvalue weighted by atomic mass is 79.9. The lowest BCUT2D eigenvalue weighted by molar-refractivity contribution is -0.139. The van der Waals surface area contributed by atoms with Crippen molar-refractivity contribution in [2.24, 2.45) is 4.99 Å². The first-order valence-electron chi connectivity index (χ1n) is 13.0. The summed E-state index contributed by atoms with van der Waals surface area (Å²) in [5.41, 5.74) is 4.70. The third-order valence-corrected chi connectivity index (χ3v) is 8.12. The molecule has 41 heavy (non-hydrogen) atoms. The number of carbonyl (C=O) groups is 1. The zero-order valence-electron chi connectivity index (χ0n) is 22.7. The van der Waals surface area contributed by atoms with Gasteiger partial charge < -0.3 is 9.47 Å². The molecule has 0 N–H and O–H groups in total. The number of benzene rings is 3. The number of hydrogen-bond acceptors (Lipinski definition) is 7. The quantitative estimate of drug-likeness (QED) is 0.259. The van der Waals surface area contributed by atoms with E-state index in [1.54, 1.807) is 36.6 Å². The highest BCUT2D eigenvalue weighted by Gasteiger charge is 2.33. The minimum absolute atomic E-state index is 0.217. The molecule has 0 saturated heterocycles. The molecular formula is C32H26BrN3O4S.